The Hall–Kier alpha value is -4.16. The lowest BCUT2D eigenvalue weighted by Gasteiger charge is -2.10. The number of carboxylic acids is 1. The zero-order valence-corrected chi connectivity index (χ0v) is 17.4. The maximum Gasteiger partial charge on any atom is 0.356 e. The molecule has 7 heteroatoms. The Bertz CT molecular complexity index is 1430. The molecule has 0 amide bonds. The molecular formula is C25H16ClN3O3. The van der Waals surface area contributed by atoms with Gasteiger partial charge in [-0.3, -0.25) is 0 Å². The number of carbonyl (C=O) groups is 1. The van der Waals surface area contributed by atoms with Crippen molar-refractivity contribution in [1.82, 2.24) is 14.6 Å². The van der Waals surface area contributed by atoms with Crippen LogP contribution in [-0.4, -0.2) is 25.7 Å². The van der Waals surface area contributed by atoms with Crippen molar-refractivity contribution in [3.63, 3.8) is 0 Å². The number of fused-ring (bicyclic) bond motifs is 1. The van der Waals surface area contributed by atoms with Crippen LogP contribution in [0.3, 0.4) is 0 Å². The molecule has 0 aliphatic carbocycles. The Labute approximate surface area is 188 Å². The van der Waals surface area contributed by atoms with Crippen molar-refractivity contribution in [2.45, 2.75) is 0 Å². The summed E-state index contributed by atoms with van der Waals surface area (Å²) in [5.41, 5.74) is 3.37. The van der Waals surface area contributed by atoms with Crippen molar-refractivity contribution in [2.75, 3.05) is 0 Å². The summed E-state index contributed by atoms with van der Waals surface area (Å²) in [6, 6.07) is 27.7. The minimum Gasteiger partial charge on any atom is -0.476 e. The van der Waals surface area contributed by atoms with E-state index in [1.54, 1.807) is 6.07 Å². The molecular weight excluding hydrogens is 426 g/mol. The van der Waals surface area contributed by atoms with E-state index < -0.39 is 5.97 Å². The van der Waals surface area contributed by atoms with E-state index in [-0.39, 0.29) is 5.69 Å². The van der Waals surface area contributed by atoms with Gasteiger partial charge >= 0.3 is 5.97 Å². The van der Waals surface area contributed by atoms with E-state index in [2.05, 4.69) is 10.1 Å². The summed E-state index contributed by atoms with van der Waals surface area (Å²) < 4.78 is 7.40. The van der Waals surface area contributed by atoms with Crippen LogP contribution in [0.25, 0.3) is 28.2 Å². The monoisotopic (exact) mass is 441 g/mol. The van der Waals surface area contributed by atoms with Gasteiger partial charge in [0.25, 0.3) is 0 Å². The fraction of sp³-hybridized carbons (Fsp3) is 0. The van der Waals surface area contributed by atoms with E-state index in [1.165, 1.54) is 10.6 Å². The van der Waals surface area contributed by atoms with Gasteiger partial charge in [-0.05, 0) is 54.6 Å². The zero-order valence-electron chi connectivity index (χ0n) is 16.6. The molecule has 0 aliphatic rings. The van der Waals surface area contributed by atoms with Crippen LogP contribution in [0.4, 0.5) is 0 Å². The van der Waals surface area contributed by atoms with Crippen molar-refractivity contribution < 1.29 is 14.6 Å². The number of nitrogens with zero attached hydrogens (tertiary/aromatic N) is 3. The molecule has 1 N–H and O–H groups in total. The van der Waals surface area contributed by atoms with E-state index in [4.69, 9.17) is 16.3 Å². The predicted molar refractivity (Wildman–Crippen MR) is 122 cm³/mol. The van der Waals surface area contributed by atoms with E-state index in [0.717, 1.165) is 16.9 Å². The fourth-order valence-electron chi connectivity index (χ4n) is 3.40. The van der Waals surface area contributed by atoms with Crippen molar-refractivity contribution in [3.8, 4) is 34.0 Å². The molecule has 2 aromatic heterocycles. The molecule has 2 heterocycles. The summed E-state index contributed by atoms with van der Waals surface area (Å²) in [5, 5.41) is 14.2. The third-order valence-electron chi connectivity index (χ3n) is 4.90. The number of halogens is 1. The first-order chi connectivity index (χ1) is 15.6. The normalized spacial score (nSPS) is 10.9. The third-order valence-corrected chi connectivity index (χ3v) is 5.13. The highest BCUT2D eigenvalue weighted by molar-refractivity contribution is 6.30. The summed E-state index contributed by atoms with van der Waals surface area (Å²) >= 11 is 6.16. The number of aromatic nitrogens is 3. The van der Waals surface area contributed by atoms with Gasteiger partial charge in [0.1, 0.15) is 11.5 Å². The standard InChI is InChI=1S/C25H16ClN3O3/c26-18-6-4-5-17(13-18)21-14-23(29-24(27-21)15-22(28-29)25(30)31)16-9-11-20(12-10-16)32-19-7-2-1-3-8-19/h1-15H,(H,30,31). The van der Waals surface area contributed by atoms with Crippen molar-refractivity contribution in [2.24, 2.45) is 0 Å². The van der Waals surface area contributed by atoms with Gasteiger partial charge in [-0.2, -0.15) is 5.10 Å². The predicted octanol–water partition coefficient (Wildman–Crippen LogP) is 6.21. The molecule has 0 fully saturated rings. The summed E-state index contributed by atoms with van der Waals surface area (Å²) in [7, 11) is 0. The summed E-state index contributed by atoms with van der Waals surface area (Å²) in [6.45, 7) is 0. The maximum atomic E-state index is 11.5. The molecule has 3 aromatic carbocycles. The molecule has 6 nitrogen and oxygen atoms in total. The molecule has 0 bridgehead atoms. The van der Waals surface area contributed by atoms with Gasteiger partial charge in [-0.25, -0.2) is 14.3 Å². The molecule has 0 saturated carbocycles. The molecule has 5 aromatic rings. The van der Waals surface area contributed by atoms with Crippen LogP contribution in [0.1, 0.15) is 10.5 Å². The number of rotatable bonds is 5. The first-order valence-electron chi connectivity index (χ1n) is 9.80. The number of para-hydroxylation sites is 1. The lowest BCUT2D eigenvalue weighted by atomic mass is 10.1. The second kappa shape index (κ2) is 8.17. The smallest absolute Gasteiger partial charge is 0.356 e. The van der Waals surface area contributed by atoms with Crippen LogP contribution in [0.15, 0.2) is 91.0 Å². The van der Waals surface area contributed by atoms with Gasteiger partial charge in [0.05, 0.1) is 11.4 Å². The van der Waals surface area contributed by atoms with E-state index in [9.17, 15) is 9.90 Å². The highest BCUT2D eigenvalue weighted by Crippen LogP contribution is 2.30. The third kappa shape index (κ3) is 3.91. The number of ether oxygens (including phenoxy) is 1. The van der Waals surface area contributed by atoms with E-state index in [1.807, 2.05) is 78.9 Å². The van der Waals surface area contributed by atoms with Crippen molar-refractivity contribution in [3.05, 3.63) is 102 Å². The van der Waals surface area contributed by atoms with Gasteiger partial charge < -0.3 is 9.84 Å². The van der Waals surface area contributed by atoms with Crippen LogP contribution in [0, 0.1) is 0 Å². The molecule has 156 valence electrons. The topological polar surface area (TPSA) is 76.7 Å². The Morgan fingerprint density at radius 2 is 1.59 bits per heavy atom. The lowest BCUT2D eigenvalue weighted by molar-refractivity contribution is 0.0690. The van der Waals surface area contributed by atoms with Crippen LogP contribution in [0.5, 0.6) is 11.5 Å². The molecule has 0 spiro atoms. The van der Waals surface area contributed by atoms with Gasteiger partial charge in [-0.1, -0.05) is 41.9 Å². The molecule has 0 atom stereocenters. The van der Waals surface area contributed by atoms with Crippen LogP contribution in [-0.2, 0) is 0 Å². The second-order valence-corrected chi connectivity index (χ2v) is 7.52. The van der Waals surface area contributed by atoms with Crippen molar-refractivity contribution >= 4 is 23.2 Å². The Kier molecular flexibility index (Phi) is 5.05. The summed E-state index contributed by atoms with van der Waals surface area (Å²) in [4.78, 5) is 16.1. The molecule has 0 radical (unpaired) electrons. The van der Waals surface area contributed by atoms with Gasteiger partial charge in [0.2, 0.25) is 0 Å². The number of hydrogen-bond donors (Lipinski definition) is 1. The maximum absolute atomic E-state index is 11.5. The number of benzene rings is 3. The Morgan fingerprint density at radius 1 is 0.844 bits per heavy atom. The summed E-state index contributed by atoms with van der Waals surface area (Å²) in [6.07, 6.45) is 0. The average Bonchev–Trinajstić information content (AvgIpc) is 3.25. The van der Waals surface area contributed by atoms with E-state index >= 15 is 0 Å². The quantitative estimate of drug-likeness (QED) is 0.351. The molecule has 0 unspecified atom stereocenters. The van der Waals surface area contributed by atoms with Crippen LogP contribution >= 0.6 is 11.6 Å². The van der Waals surface area contributed by atoms with Gasteiger partial charge in [0, 0.05) is 22.2 Å². The first-order valence-corrected chi connectivity index (χ1v) is 10.2. The van der Waals surface area contributed by atoms with Gasteiger partial charge in [0.15, 0.2) is 11.3 Å². The highest BCUT2D eigenvalue weighted by Gasteiger charge is 2.16. The number of aromatic carboxylic acids is 1. The van der Waals surface area contributed by atoms with Crippen LogP contribution in [0.2, 0.25) is 5.02 Å². The highest BCUT2D eigenvalue weighted by atomic mass is 35.5. The van der Waals surface area contributed by atoms with Crippen molar-refractivity contribution in [1.29, 1.82) is 0 Å². The Morgan fingerprint density at radius 3 is 2.31 bits per heavy atom. The number of hydrogen-bond acceptors (Lipinski definition) is 4. The molecule has 32 heavy (non-hydrogen) atoms. The minimum absolute atomic E-state index is 0.0778. The molecule has 0 saturated heterocycles. The van der Waals surface area contributed by atoms with Gasteiger partial charge in [-0.15, -0.1) is 0 Å². The van der Waals surface area contributed by atoms with Crippen LogP contribution < -0.4 is 4.74 Å². The number of carboxylic acid groups (broad SMARTS) is 1. The fourth-order valence-corrected chi connectivity index (χ4v) is 3.59. The minimum atomic E-state index is -1.11. The largest absolute Gasteiger partial charge is 0.476 e. The Balaban J connectivity index is 1.60. The first kappa shape index (κ1) is 19.8. The summed E-state index contributed by atoms with van der Waals surface area (Å²) in [5.74, 6) is 0.317. The zero-order chi connectivity index (χ0) is 22.1. The second-order valence-electron chi connectivity index (χ2n) is 7.08. The average molecular weight is 442 g/mol. The molecule has 5 rings (SSSR count). The molecule has 0 aliphatic heterocycles. The SMILES string of the molecule is O=C(O)c1cc2nc(-c3cccc(Cl)c3)cc(-c3ccc(Oc4ccccc4)cc3)n2n1. The lowest BCUT2D eigenvalue weighted by Crippen LogP contribution is -2.01. The van der Waals surface area contributed by atoms with E-state index in [0.29, 0.717) is 27.8 Å².